The maximum atomic E-state index is 13.2. The molecule has 0 amide bonds. The van der Waals surface area contributed by atoms with Crippen LogP contribution >= 0.6 is 11.6 Å². The molecule has 0 saturated heterocycles. The van der Waals surface area contributed by atoms with Gasteiger partial charge in [-0.2, -0.15) is 4.98 Å². The average Bonchev–Trinajstić information content (AvgIpc) is 2.36. The Hall–Kier alpha value is -2.01. The second kappa shape index (κ2) is 5.10. The third-order valence-electron chi connectivity index (χ3n) is 2.18. The summed E-state index contributed by atoms with van der Waals surface area (Å²) < 4.78 is 23.6. The van der Waals surface area contributed by atoms with Gasteiger partial charge in [-0.3, -0.25) is 0 Å². The van der Waals surface area contributed by atoms with E-state index in [4.69, 9.17) is 26.8 Å². The van der Waals surface area contributed by atoms with Crippen LogP contribution in [0.1, 0.15) is 0 Å². The summed E-state index contributed by atoms with van der Waals surface area (Å²) in [7, 11) is 1.48. The molecule has 0 radical (unpaired) electrons. The quantitative estimate of drug-likeness (QED) is 0.928. The molecule has 6 heteroatoms. The maximum Gasteiger partial charge on any atom is 0.246 e. The molecule has 0 unspecified atom stereocenters. The third kappa shape index (κ3) is 2.62. The number of hydrogen-bond donors (Lipinski definition) is 1. The minimum Gasteiger partial charge on any atom is -0.481 e. The maximum absolute atomic E-state index is 13.2. The van der Waals surface area contributed by atoms with Crippen molar-refractivity contribution in [3.63, 3.8) is 0 Å². The molecule has 0 fully saturated rings. The summed E-state index contributed by atoms with van der Waals surface area (Å²) in [6.07, 6.45) is 0. The molecule has 0 aliphatic heterocycles. The van der Waals surface area contributed by atoms with E-state index in [9.17, 15) is 4.39 Å². The van der Waals surface area contributed by atoms with Crippen LogP contribution in [-0.2, 0) is 0 Å². The van der Waals surface area contributed by atoms with Crippen LogP contribution < -0.4 is 15.2 Å². The van der Waals surface area contributed by atoms with Gasteiger partial charge in [0.2, 0.25) is 11.8 Å². The number of hydrogen-bond acceptors (Lipinski definition) is 4. The number of benzene rings is 1. The van der Waals surface area contributed by atoms with Crippen molar-refractivity contribution in [3.05, 3.63) is 41.2 Å². The van der Waals surface area contributed by atoms with Crippen LogP contribution in [0.2, 0.25) is 5.02 Å². The highest BCUT2D eigenvalue weighted by atomic mass is 35.5. The molecule has 2 rings (SSSR count). The SMILES string of the molecule is COc1ccc(N)c(Oc2ccc(Cl)c(F)c2)n1. The van der Waals surface area contributed by atoms with Crippen LogP contribution in [0.5, 0.6) is 17.5 Å². The summed E-state index contributed by atoms with van der Waals surface area (Å²) in [5.41, 5.74) is 6.02. The van der Waals surface area contributed by atoms with E-state index in [0.29, 0.717) is 11.6 Å². The van der Waals surface area contributed by atoms with E-state index in [0.717, 1.165) is 6.07 Å². The number of anilines is 1. The fourth-order valence-electron chi connectivity index (χ4n) is 1.28. The minimum absolute atomic E-state index is 0.0222. The normalized spacial score (nSPS) is 10.2. The van der Waals surface area contributed by atoms with Gasteiger partial charge in [-0.1, -0.05) is 11.6 Å². The third-order valence-corrected chi connectivity index (χ3v) is 2.49. The fourth-order valence-corrected chi connectivity index (χ4v) is 1.40. The average molecular weight is 269 g/mol. The molecule has 2 aromatic rings. The predicted molar refractivity (Wildman–Crippen MR) is 66.7 cm³/mol. The van der Waals surface area contributed by atoms with Crippen LogP contribution in [-0.4, -0.2) is 12.1 Å². The lowest BCUT2D eigenvalue weighted by Crippen LogP contribution is -1.97. The van der Waals surface area contributed by atoms with Crippen molar-refractivity contribution in [2.45, 2.75) is 0 Å². The van der Waals surface area contributed by atoms with E-state index in [1.807, 2.05) is 0 Å². The molecule has 1 aromatic heterocycles. The van der Waals surface area contributed by atoms with Crippen molar-refractivity contribution in [2.24, 2.45) is 0 Å². The smallest absolute Gasteiger partial charge is 0.246 e. The zero-order valence-corrected chi connectivity index (χ0v) is 10.2. The van der Waals surface area contributed by atoms with Crippen LogP contribution in [0.3, 0.4) is 0 Å². The Morgan fingerprint density at radius 3 is 2.72 bits per heavy atom. The first-order chi connectivity index (χ1) is 8.60. The van der Waals surface area contributed by atoms with Crippen molar-refractivity contribution < 1.29 is 13.9 Å². The lowest BCUT2D eigenvalue weighted by Gasteiger charge is -2.09. The molecule has 0 aliphatic rings. The van der Waals surface area contributed by atoms with Gasteiger partial charge in [0.05, 0.1) is 17.8 Å². The molecule has 18 heavy (non-hydrogen) atoms. The first kappa shape index (κ1) is 12.4. The van der Waals surface area contributed by atoms with Gasteiger partial charge >= 0.3 is 0 Å². The summed E-state index contributed by atoms with van der Waals surface area (Å²) in [4.78, 5) is 4.01. The summed E-state index contributed by atoms with van der Waals surface area (Å²) in [6.45, 7) is 0. The molecular formula is C12H10ClFN2O2. The highest BCUT2D eigenvalue weighted by Crippen LogP contribution is 2.29. The van der Waals surface area contributed by atoms with E-state index < -0.39 is 5.82 Å². The lowest BCUT2D eigenvalue weighted by molar-refractivity contribution is 0.384. The van der Waals surface area contributed by atoms with E-state index in [1.54, 1.807) is 12.1 Å². The molecule has 0 saturated carbocycles. The Kier molecular flexibility index (Phi) is 3.53. The number of nitrogen functional groups attached to an aromatic ring is 1. The molecule has 2 N–H and O–H groups in total. The molecule has 0 bridgehead atoms. The molecule has 0 spiro atoms. The largest absolute Gasteiger partial charge is 0.481 e. The standard InChI is InChI=1S/C12H10ClFN2O2/c1-17-11-5-4-10(15)12(16-11)18-7-2-3-8(13)9(14)6-7/h2-6H,15H2,1H3. The number of nitrogens with zero attached hydrogens (tertiary/aromatic N) is 1. The summed E-state index contributed by atoms with van der Waals surface area (Å²) in [5, 5.41) is 0.0222. The van der Waals surface area contributed by atoms with Crippen LogP contribution in [0.4, 0.5) is 10.1 Å². The number of ether oxygens (including phenoxy) is 2. The molecule has 1 heterocycles. The Morgan fingerprint density at radius 2 is 2.06 bits per heavy atom. The second-order valence-electron chi connectivity index (χ2n) is 3.43. The number of rotatable bonds is 3. The van der Waals surface area contributed by atoms with Crippen molar-refractivity contribution in [3.8, 4) is 17.5 Å². The zero-order chi connectivity index (χ0) is 13.1. The number of pyridine rings is 1. The van der Waals surface area contributed by atoms with E-state index in [-0.39, 0.29) is 16.7 Å². The topological polar surface area (TPSA) is 57.4 Å². The Labute approximate surface area is 108 Å². The number of halogens is 2. The number of methoxy groups -OCH3 is 1. The monoisotopic (exact) mass is 268 g/mol. The molecule has 1 aromatic carbocycles. The highest BCUT2D eigenvalue weighted by molar-refractivity contribution is 6.30. The Bertz CT molecular complexity index is 578. The molecular weight excluding hydrogens is 259 g/mol. The lowest BCUT2D eigenvalue weighted by atomic mass is 10.3. The fraction of sp³-hybridized carbons (Fsp3) is 0.0833. The van der Waals surface area contributed by atoms with E-state index in [1.165, 1.54) is 19.2 Å². The molecule has 0 aliphatic carbocycles. The summed E-state index contributed by atoms with van der Waals surface area (Å²) >= 11 is 5.57. The highest BCUT2D eigenvalue weighted by Gasteiger charge is 2.08. The van der Waals surface area contributed by atoms with Gasteiger partial charge in [-0.25, -0.2) is 4.39 Å². The summed E-state index contributed by atoms with van der Waals surface area (Å²) in [6, 6.07) is 7.26. The number of nitrogens with two attached hydrogens (primary N) is 1. The minimum atomic E-state index is -0.573. The van der Waals surface area contributed by atoms with Crippen molar-refractivity contribution in [2.75, 3.05) is 12.8 Å². The van der Waals surface area contributed by atoms with Gasteiger partial charge in [0.1, 0.15) is 11.6 Å². The van der Waals surface area contributed by atoms with Gasteiger partial charge < -0.3 is 15.2 Å². The van der Waals surface area contributed by atoms with Crippen molar-refractivity contribution >= 4 is 17.3 Å². The van der Waals surface area contributed by atoms with Crippen LogP contribution in [0.25, 0.3) is 0 Å². The molecule has 94 valence electrons. The second-order valence-corrected chi connectivity index (χ2v) is 3.83. The van der Waals surface area contributed by atoms with Gasteiger partial charge in [0.15, 0.2) is 0 Å². The van der Waals surface area contributed by atoms with Crippen molar-refractivity contribution in [1.29, 1.82) is 0 Å². The first-order valence-corrected chi connectivity index (χ1v) is 5.41. The predicted octanol–water partition coefficient (Wildman–Crippen LogP) is 3.26. The van der Waals surface area contributed by atoms with Gasteiger partial charge in [0.25, 0.3) is 0 Å². The molecule has 4 nitrogen and oxygen atoms in total. The number of aromatic nitrogens is 1. The van der Waals surface area contributed by atoms with Gasteiger partial charge in [0, 0.05) is 12.1 Å². The first-order valence-electron chi connectivity index (χ1n) is 5.03. The Balaban J connectivity index is 2.30. The van der Waals surface area contributed by atoms with Crippen molar-refractivity contribution in [1.82, 2.24) is 4.98 Å². The van der Waals surface area contributed by atoms with Crippen LogP contribution in [0.15, 0.2) is 30.3 Å². The zero-order valence-electron chi connectivity index (χ0n) is 9.48. The Morgan fingerprint density at radius 1 is 1.28 bits per heavy atom. The van der Waals surface area contributed by atoms with E-state index >= 15 is 0 Å². The van der Waals surface area contributed by atoms with Crippen LogP contribution in [0, 0.1) is 5.82 Å². The molecule has 0 atom stereocenters. The summed E-state index contributed by atoms with van der Waals surface area (Å²) in [5.74, 6) is 0.185. The van der Waals surface area contributed by atoms with Gasteiger partial charge in [-0.15, -0.1) is 0 Å². The van der Waals surface area contributed by atoms with Gasteiger partial charge in [-0.05, 0) is 18.2 Å². The van der Waals surface area contributed by atoms with E-state index in [2.05, 4.69) is 4.98 Å².